The SMILES string of the molecule is CC1(C)CNCCN1c1ccc(-c2cccnc2)nn1. The van der Waals surface area contributed by atoms with Crippen LogP contribution in [0.5, 0.6) is 0 Å². The summed E-state index contributed by atoms with van der Waals surface area (Å²) in [5.74, 6) is 0.934. The Kier molecular flexibility index (Phi) is 3.36. The van der Waals surface area contributed by atoms with E-state index in [0.29, 0.717) is 0 Å². The van der Waals surface area contributed by atoms with Crippen LogP contribution in [0, 0.1) is 0 Å². The second-order valence-electron chi connectivity index (χ2n) is 5.66. The molecule has 5 nitrogen and oxygen atoms in total. The zero-order chi connectivity index (χ0) is 14.0. The maximum atomic E-state index is 4.39. The zero-order valence-corrected chi connectivity index (χ0v) is 11.9. The van der Waals surface area contributed by atoms with Gasteiger partial charge in [-0.15, -0.1) is 10.2 Å². The third kappa shape index (κ3) is 2.49. The highest BCUT2D eigenvalue weighted by atomic mass is 15.3. The van der Waals surface area contributed by atoms with Crippen LogP contribution < -0.4 is 10.2 Å². The van der Waals surface area contributed by atoms with Gasteiger partial charge in [-0.2, -0.15) is 0 Å². The number of nitrogens with zero attached hydrogens (tertiary/aromatic N) is 4. The lowest BCUT2D eigenvalue weighted by molar-refractivity contribution is 0.377. The van der Waals surface area contributed by atoms with Crippen molar-refractivity contribution in [3.63, 3.8) is 0 Å². The summed E-state index contributed by atoms with van der Waals surface area (Å²) in [5, 5.41) is 12.1. The van der Waals surface area contributed by atoms with Crippen LogP contribution in [0.3, 0.4) is 0 Å². The van der Waals surface area contributed by atoms with Crippen LogP contribution in [0.25, 0.3) is 11.3 Å². The Balaban J connectivity index is 1.86. The molecule has 0 saturated carbocycles. The lowest BCUT2D eigenvalue weighted by Gasteiger charge is -2.43. The van der Waals surface area contributed by atoms with Crippen LogP contribution in [-0.4, -0.2) is 40.4 Å². The average molecular weight is 269 g/mol. The summed E-state index contributed by atoms with van der Waals surface area (Å²) in [5.41, 5.74) is 1.91. The fourth-order valence-electron chi connectivity index (χ4n) is 2.55. The molecule has 1 saturated heterocycles. The topological polar surface area (TPSA) is 53.9 Å². The monoisotopic (exact) mass is 269 g/mol. The van der Waals surface area contributed by atoms with Gasteiger partial charge in [0.25, 0.3) is 0 Å². The smallest absolute Gasteiger partial charge is 0.151 e. The average Bonchev–Trinajstić information content (AvgIpc) is 2.48. The van der Waals surface area contributed by atoms with Crippen molar-refractivity contribution in [2.75, 3.05) is 24.5 Å². The fourth-order valence-corrected chi connectivity index (χ4v) is 2.55. The van der Waals surface area contributed by atoms with Gasteiger partial charge in [-0.05, 0) is 38.1 Å². The van der Waals surface area contributed by atoms with Crippen molar-refractivity contribution in [2.45, 2.75) is 19.4 Å². The Morgan fingerprint density at radius 2 is 2.10 bits per heavy atom. The van der Waals surface area contributed by atoms with Gasteiger partial charge >= 0.3 is 0 Å². The van der Waals surface area contributed by atoms with Crippen molar-refractivity contribution in [3.8, 4) is 11.3 Å². The van der Waals surface area contributed by atoms with Gasteiger partial charge in [-0.1, -0.05) is 0 Å². The minimum Gasteiger partial charge on any atom is -0.347 e. The highest BCUT2D eigenvalue weighted by molar-refractivity contribution is 5.58. The minimum atomic E-state index is 0.0583. The second-order valence-corrected chi connectivity index (χ2v) is 5.66. The van der Waals surface area contributed by atoms with Crippen LogP contribution in [0.4, 0.5) is 5.82 Å². The molecule has 1 aliphatic heterocycles. The van der Waals surface area contributed by atoms with E-state index in [1.807, 2.05) is 24.3 Å². The molecule has 0 atom stereocenters. The molecule has 0 unspecified atom stereocenters. The number of hydrogen-bond acceptors (Lipinski definition) is 5. The molecule has 0 amide bonds. The number of piperazine rings is 1. The van der Waals surface area contributed by atoms with E-state index in [-0.39, 0.29) is 5.54 Å². The minimum absolute atomic E-state index is 0.0583. The number of nitrogens with one attached hydrogen (secondary N) is 1. The van der Waals surface area contributed by atoms with Gasteiger partial charge in [0, 0.05) is 43.1 Å². The number of anilines is 1. The van der Waals surface area contributed by atoms with E-state index in [2.05, 4.69) is 39.2 Å². The molecule has 0 aromatic carbocycles. The van der Waals surface area contributed by atoms with Gasteiger partial charge in [-0.25, -0.2) is 0 Å². The molecule has 2 aromatic heterocycles. The Morgan fingerprint density at radius 3 is 2.75 bits per heavy atom. The first-order valence-corrected chi connectivity index (χ1v) is 6.89. The molecule has 1 aliphatic rings. The largest absolute Gasteiger partial charge is 0.347 e. The first-order chi connectivity index (χ1) is 9.67. The first-order valence-electron chi connectivity index (χ1n) is 6.89. The number of aromatic nitrogens is 3. The first kappa shape index (κ1) is 13.0. The summed E-state index contributed by atoms with van der Waals surface area (Å²) in [6.07, 6.45) is 3.56. The van der Waals surface area contributed by atoms with Crippen molar-refractivity contribution >= 4 is 5.82 Å². The van der Waals surface area contributed by atoms with Gasteiger partial charge in [-0.3, -0.25) is 4.98 Å². The van der Waals surface area contributed by atoms with Gasteiger partial charge in [0.1, 0.15) is 0 Å². The molecule has 1 N–H and O–H groups in total. The van der Waals surface area contributed by atoms with Gasteiger partial charge < -0.3 is 10.2 Å². The number of hydrogen-bond donors (Lipinski definition) is 1. The van der Waals surface area contributed by atoms with Gasteiger partial charge in [0.2, 0.25) is 0 Å². The van der Waals surface area contributed by atoms with E-state index in [1.165, 1.54) is 0 Å². The zero-order valence-electron chi connectivity index (χ0n) is 11.9. The molecule has 3 heterocycles. The maximum Gasteiger partial charge on any atom is 0.151 e. The lowest BCUT2D eigenvalue weighted by atomic mass is 10.0. The van der Waals surface area contributed by atoms with Crippen LogP contribution in [0.15, 0.2) is 36.7 Å². The van der Waals surface area contributed by atoms with Gasteiger partial charge in [0.15, 0.2) is 5.82 Å². The second kappa shape index (κ2) is 5.17. The molecule has 104 valence electrons. The van der Waals surface area contributed by atoms with Crippen molar-refractivity contribution in [1.82, 2.24) is 20.5 Å². The molecular formula is C15H19N5. The van der Waals surface area contributed by atoms with Crippen LogP contribution in [0.1, 0.15) is 13.8 Å². The van der Waals surface area contributed by atoms with Crippen molar-refractivity contribution in [1.29, 1.82) is 0 Å². The standard InChI is InChI=1S/C15H19N5/c1-15(2)11-17-8-9-20(15)14-6-5-13(18-19-14)12-4-3-7-16-10-12/h3-7,10,17H,8-9,11H2,1-2H3. The lowest BCUT2D eigenvalue weighted by Crippen LogP contribution is -2.58. The normalized spacial score (nSPS) is 18.0. The number of rotatable bonds is 2. The third-order valence-electron chi connectivity index (χ3n) is 3.68. The molecule has 1 fully saturated rings. The summed E-state index contributed by atoms with van der Waals surface area (Å²) in [6, 6.07) is 7.95. The van der Waals surface area contributed by atoms with E-state index >= 15 is 0 Å². The van der Waals surface area contributed by atoms with Crippen molar-refractivity contribution in [3.05, 3.63) is 36.7 Å². The summed E-state index contributed by atoms with van der Waals surface area (Å²) in [7, 11) is 0. The molecule has 5 heteroatoms. The van der Waals surface area contributed by atoms with Crippen LogP contribution in [-0.2, 0) is 0 Å². The Morgan fingerprint density at radius 1 is 1.20 bits per heavy atom. The van der Waals surface area contributed by atoms with Crippen LogP contribution >= 0.6 is 0 Å². The van der Waals surface area contributed by atoms with E-state index in [4.69, 9.17) is 0 Å². The van der Waals surface area contributed by atoms with E-state index in [0.717, 1.165) is 36.7 Å². The van der Waals surface area contributed by atoms with E-state index < -0.39 is 0 Å². The maximum absolute atomic E-state index is 4.39. The molecule has 3 rings (SSSR count). The molecule has 2 aromatic rings. The molecule has 20 heavy (non-hydrogen) atoms. The van der Waals surface area contributed by atoms with E-state index in [1.54, 1.807) is 12.4 Å². The summed E-state index contributed by atoms with van der Waals surface area (Å²) >= 11 is 0. The van der Waals surface area contributed by atoms with Crippen molar-refractivity contribution < 1.29 is 0 Å². The van der Waals surface area contributed by atoms with Crippen molar-refractivity contribution in [2.24, 2.45) is 0 Å². The highest BCUT2D eigenvalue weighted by Gasteiger charge is 2.30. The number of pyridine rings is 1. The Hall–Kier alpha value is -2.01. The Labute approximate surface area is 119 Å². The molecule has 0 radical (unpaired) electrons. The summed E-state index contributed by atoms with van der Waals surface area (Å²) in [6.45, 7) is 7.33. The predicted molar refractivity (Wildman–Crippen MR) is 79.6 cm³/mol. The molecular weight excluding hydrogens is 250 g/mol. The van der Waals surface area contributed by atoms with Crippen LogP contribution in [0.2, 0.25) is 0 Å². The fraction of sp³-hybridized carbons (Fsp3) is 0.400. The molecule has 0 spiro atoms. The van der Waals surface area contributed by atoms with Gasteiger partial charge in [0.05, 0.1) is 5.69 Å². The summed E-state index contributed by atoms with van der Waals surface area (Å²) in [4.78, 5) is 6.42. The highest BCUT2D eigenvalue weighted by Crippen LogP contribution is 2.24. The molecule has 0 bridgehead atoms. The quantitative estimate of drug-likeness (QED) is 0.899. The summed E-state index contributed by atoms with van der Waals surface area (Å²) < 4.78 is 0. The predicted octanol–water partition coefficient (Wildman–Crippen LogP) is 1.73. The molecule has 0 aliphatic carbocycles. The Bertz CT molecular complexity index is 565. The third-order valence-corrected chi connectivity index (χ3v) is 3.68. The van der Waals surface area contributed by atoms with E-state index in [9.17, 15) is 0 Å².